The summed E-state index contributed by atoms with van der Waals surface area (Å²) < 4.78 is 2.50. The number of rotatable bonds is 2. The zero-order valence-electron chi connectivity index (χ0n) is 7.01. The fraction of sp³-hybridized carbons (Fsp3) is 0. The van der Waals surface area contributed by atoms with Gasteiger partial charge in [-0.25, -0.2) is 0 Å². The van der Waals surface area contributed by atoms with E-state index in [1.807, 2.05) is 36.7 Å². The van der Waals surface area contributed by atoms with E-state index in [0.717, 1.165) is 0 Å². The Bertz CT molecular complexity index is 324. The molecule has 2 aromatic heterocycles. The van der Waals surface area contributed by atoms with Crippen molar-refractivity contribution in [2.45, 2.75) is 0 Å². The van der Waals surface area contributed by atoms with Crippen molar-refractivity contribution in [1.82, 2.24) is 9.97 Å². The topological polar surface area (TPSA) is 25.8 Å². The molecule has 2 rings (SSSR count). The van der Waals surface area contributed by atoms with Crippen molar-refractivity contribution in [2.24, 2.45) is 0 Å². The fourth-order valence-electron chi connectivity index (χ4n) is 1.00. The van der Waals surface area contributed by atoms with Crippen LogP contribution in [0.1, 0.15) is 0 Å². The average molecular weight is 363 g/mol. The summed E-state index contributed by atoms with van der Waals surface area (Å²) >= 11 is -0.962. The Morgan fingerprint density at radius 2 is 1.31 bits per heavy atom. The van der Waals surface area contributed by atoms with Gasteiger partial charge in [0.05, 0.1) is 0 Å². The molecule has 0 aliphatic carbocycles. The number of hydrogen-bond acceptors (Lipinski definition) is 2. The van der Waals surface area contributed by atoms with Crippen molar-refractivity contribution in [2.75, 3.05) is 0 Å². The van der Waals surface area contributed by atoms with Crippen molar-refractivity contribution >= 4 is 30.7 Å². The summed E-state index contributed by atoms with van der Waals surface area (Å²) in [5.74, 6) is 0. The molecule has 13 heavy (non-hydrogen) atoms. The van der Waals surface area contributed by atoms with E-state index in [9.17, 15) is 0 Å². The second kappa shape index (κ2) is 4.46. The Hall–Kier alpha value is -0.778. The molecule has 0 aliphatic heterocycles. The molecule has 62 valence electrons. The molecule has 0 aliphatic rings. The molecule has 0 N–H and O–H groups in total. The molecule has 0 aromatic carbocycles. The summed E-state index contributed by atoms with van der Waals surface area (Å²) in [4.78, 5) is 8.64. The molecular formula is C10H8N2Pb. The molecule has 0 bridgehead atoms. The Labute approximate surface area is 89.3 Å². The first-order chi connectivity index (χ1) is 6.45. The van der Waals surface area contributed by atoms with E-state index >= 15 is 0 Å². The molecular weight excluding hydrogens is 355 g/mol. The number of pyridine rings is 2. The van der Waals surface area contributed by atoms with E-state index in [-0.39, 0.29) is 0 Å². The Morgan fingerprint density at radius 3 is 1.69 bits per heavy atom. The van der Waals surface area contributed by atoms with Crippen molar-refractivity contribution in [3.05, 3.63) is 48.8 Å². The molecule has 0 saturated heterocycles. The third-order valence-corrected chi connectivity index (χ3v) is 5.88. The Balaban J connectivity index is 2.16. The third-order valence-electron chi connectivity index (χ3n) is 1.59. The first-order valence-electron chi connectivity index (χ1n) is 4.04. The van der Waals surface area contributed by atoms with Crippen LogP contribution >= 0.6 is 0 Å². The first-order valence-corrected chi connectivity index (χ1v) is 7.93. The minimum atomic E-state index is -0.962. The van der Waals surface area contributed by atoms with Crippen LogP contribution in [0, 0.1) is 0 Å². The van der Waals surface area contributed by atoms with Gasteiger partial charge in [-0.15, -0.1) is 0 Å². The van der Waals surface area contributed by atoms with Crippen LogP contribution in [-0.2, 0) is 0 Å². The number of nitrogens with zero attached hydrogens (tertiary/aromatic N) is 2. The van der Waals surface area contributed by atoms with Crippen LogP contribution in [0.25, 0.3) is 0 Å². The monoisotopic (exact) mass is 364 g/mol. The predicted molar refractivity (Wildman–Crippen MR) is 53.5 cm³/mol. The standard InChI is InChI=1S/2C5H4N.Pb/c2*1-2-4-6-5-3-1;/h2*1-4H;. The molecule has 2 nitrogen and oxygen atoms in total. The van der Waals surface area contributed by atoms with Gasteiger partial charge in [-0.05, 0) is 0 Å². The van der Waals surface area contributed by atoms with Crippen LogP contribution in [0.2, 0.25) is 0 Å². The second-order valence-electron chi connectivity index (χ2n) is 2.55. The molecule has 2 aromatic rings. The molecule has 0 fully saturated rings. The summed E-state index contributed by atoms with van der Waals surface area (Å²) in [7, 11) is 0. The Morgan fingerprint density at radius 1 is 0.769 bits per heavy atom. The molecule has 0 spiro atoms. The van der Waals surface area contributed by atoms with Gasteiger partial charge in [-0.3, -0.25) is 0 Å². The van der Waals surface area contributed by atoms with E-state index in [2.05, 4.69) is 22.1 Å². The van der Waals surface area contributed by atoms with Crippen LogP contribution in [0.5, 0.6) is 0 Å². The number of aromatic nitrogens is 2. The zero-order valence-corrected chi connectivity index (χ0v) is 10.9. The molecule has 0 atom stereocenters. The van der Waals surface area contributed by atoms with Gasteiger partial charge in [-0.1, -0.05) is 0 Å². The number of hydrogen-bond donors (Lipinski definition) is 0. The van der Waals surface area contributed by atoms with Crippen LogP contribution in [-0.4, -0.2) is 34.2 Å². The molecule has 0 unspecified atom stereocenters. The van der Waals surface area contributed by atoms with Crippen molar-refractivity contribution in [3.63, 3.8) is 0 Å². The minimum absolute atomic E-state index is 0.962. The van der Waals surface area contributed by atoms with E-state index in [0.29, 0.717) is 0 Å². The summed E-state index contributed by atoms with van der Waals surface area (Å²) in [6.07, 6.45) is 3.70. The zero-order chi connectivity index (χ0) is 8.93. The quantitative estimate of drug-likeness (QED) is 0.709. The van der Waals surface area contributed by atoms with Crippen LogP contribution in [0.15, 0.2) is 48.8 Å². The van der Waals surface area contributed by atoms with Gasteiger partial charge in [0.15, 0.2) is 0 Å². The average Bonchev–Trinajstić information content (AvgIpc) is 2.21. The molecule has 0 amide bonds. The van der Waals surface area contributed by atoms with Gasteiger partial charge in [0.1, 0.15) is 0 Å². The van der Waals surface area contributed by atoms with Crippen molar-refractivity contribution < 1.29 is 0 Å². The van der Waals surface area contributed by atoms with Gasteiger partial charge in [0.25, 0.3) is 0 Å². The van der Waals surface area contributed by atoms with E-state index in [1.165, 1.54) is 6.51 Å². The van der Waals surface area contributed by atoms with Gasteiger partial charge in [0, 0.05) is 0 Å². The Kier molecular flexibility index (Phi) is 3.02. The summed E-state index contributed by atoms with van der Waals surface area (Å²) in [6, 6.07) is 12.2. The van der Waals surface area contributed by atoms with Gasteiger partial charge >= 0.3 is 89.5 Å². The van der Waals surface area contributed by atoms with Crippen LogP contribution < -0.4 is 6.51 Å². The van der Waals surface area contributed by atoms with Crippen LogP contribution in [0.3, 0.4) is 0 Å². The SMILES string of the molecule is c1cc[c]([Pb][c]2ccccn2)nc1. The molecule has 2 heterocycles. The van der Waals surface area contributed by atoms with E-state index in [4.69, 9.17) is 0 Å². The summed E-state index contributed by atoms with van der Waals surface area (Å²) in [5.41, 5.74) is 0. The van der Waals surface area contributed by atoms with E-state index in [1.54, 1.807) is 0 Å². The maximum atomic E-state index is 4.32. The van der Waals surface area contributed by atoms with Crippen LogP contribution in [0.4, 0.5) is 0 Å². The van der Waals surface area contributed by atoms with Crippen molar-refractivity contribution in [3.8, 4) is 0 Å². The fourth-order valence-corrected chi connectivity index (χ4v) is 4.50. The first kappa shape index (κ1) is 8.80. The van der Waals surface area contributed by atoms with Gasteiger partial charge < -0.3 is 0 Å². The summed E-state index contributed by atoms with van der Waals surface area (Å²) in [5, 5.41) is 0. The van der Waals surface area contributed by atoms with Gasteiger partial charge in [-0.2, -0.15) is 0 Å². The van der Waals surface area contributed by atoms with Gasteiger partial charge in [0.2, 0.25) is 0 Å². The van der Waals surface area contributed by atoms with Crippen molar-refractivity contribution in [1.29, 1.82) is 0 Å². The molecule has 3 heteroatoms. The molecule has 0 saturated carbocycles. The second-order valence-corrected chi connectivity index (χ2v) is 7.51. The predicted octanol–water partition coefficient (Wildman–Crippen LogP) is 0.132. The summed E-state index contributed by atoms with van der Waals surface area (Å²) in [6.45, 7) is 0. The normalized spacial score (nSPS) is 9.85. The van der Waals surface area contributed by atoms with E-state index < -0.39 is 24.2 Å². The molecule has 2 radical (unpaired) electrons. The maximum absolute atomic E-state index is 4.32. The third kappa shape index (κ3) is 2.58.